The summed E-state index contributed by atoms with van der Waals surface area (Å²) in [4.78, 5) is 11.5. The number of carbonyl (C=O) groups excluding carboxylic acids is 1. The van der Waals surface area contributed by atoms with Crippen LogP contribution in [0.1, 0.15) is 24.2 Å². The molecule has 0 aliphatic carbocycles. The molecule has 1 aromatic rings. The number of amides is 1. The fourth-order valence-corrected chi connectivity index (χ4v) is 1.44. The molecular formula is C9H14ClN3O. The van der Waals surface area contributed by atoms with Gasteiger partial charge in [-0.15, -0.1) is 11.6 Å². The minimum absolute atomic E-state index is 0.000864. The quantitative estimate of drug-likeness (QED) is 0.746. The molecule has 1 amide bonds. The fourth-order valence-electron chi connectivity index (χ4n) is 1.01. The van der Waals surface area contributed by atoms with Crippen molar-refractivity contribution in [2.75, 3.05) is 5.88 Å². The predicted octanol–water partition coefficient (Wildman–Crippen LogP) is 1.40. The molecule has 0 bridgehead atoms. The predicted molar refractivity (Wildman–Crippen MR) is 55.4 cm³/mol. The number of nitrogens with zero attached hydrogens (tertiary/aromatic N) is 1. The van der Waals surface area contributed by atoms with Crippen LogP contribution in [0.4, 0.5) is 0 Å². The number of H-pyrrole nitrogens is 1. The molecule has 0 saturated heterocycles. The molecule has 1 rings (SSSR count). The Labute approximate surface area is 88.0 Å². The van der Waals surface area contributed by atoms with E-state index < -0.39 is 0 Å². The molecule has 0 saturated carbocycles. The molecule has 0 radical (unpaired) electrons. The number of hydrogen-bond donors (Lipinski definition) is 2. The maximum atomic E-state index is 11.5. The van der Waals surface area contributed by atoms with Crippen molar-refractivity contribution in [3.8, 4) is 0 Å². The Hall–Kier alpha value is -1.03. The molecule has 1 atom stereocenters. The Balaban J connectivity index is 2.56. The van der Waals surface area contributed by atoms with Gasteiger partial charge in [-0.05, 0) is 5.92 Å². The highest BCUT2D eigenvalue weighted by molar-refractivity contribution is 6.18. The summed E-state index contributed by atoms with van der Waals surface area (Å²) in [6.45, 7) is 4.03. The summed E-state index contributed by atoms with van der Waals surface area (Å²) in [5.41, 5.74) is 0.528. The minimum Gasteiger partial charge on any atom is -0.348 e. The van der Waals surface area contributed by atoms with E-state index in [0.29, 0.717) is 17.4 Å². The first-order chi connectivity index (χ1) is 6.65. The molecule has 0 aliphatic heterocycles. The molecule has 0 spiro atoms. The number of hydrogen-bond acceptors (Lipinski definition) is 2. The van der Waals surface area contributed by atoms with Gasteiger partial charge < -0.3 is 5.32 Å². The van der Waals surface area contributed by atoms with Gasteiger partial charge >= 0.3 is 0 Å². The van der Waals surface area contributed by atoms with E-state index in [9.17, 15) is 4.79 Å². The van der Waals surface area contributed by atoms with Crippen molar-refractivity contribution < 1.29 is 4.79 Å². The Bertz CT molecular complexity index is 284. The number of alkyl halides is 1. The van der Waals surface area contributed by atoms with E-state index in [1.807, 2.05) is 13.8 Å². The third-order valence-corrected chi connectivity index (χ3v) is 2.38. The molecule has 4 nitrogen and oxygen atoms in total. The van der Waals surface area contributed by atoms with Gasteiger partial charge in [0.25, 0.3) is 5.91 Å². The summed E-state index contributed by atoms with van der Waals surface area (Å²) in [6.07, 6.45) is 3.04. The zero-order valence-corrected chi connectivity index (χ0v) is 9.01. The summed E-state index contributed by atoms with van der Waals surface area (Å²) < 4.78 is 0. The van der Waals surface area contributed by atoms with Crippen LogP contribution >= 0.6 is 11.6 Å². The fraction of sp³-hybridized carbons (Fsp3) is 0.556. The maximum absolute atomic E-state index is 11.5. The largest absolute Gasteiger partial charge is 0.348 e. The van der Waals surface area contributed by atoms with Gasteiger partial charge in [0.2, 0.25) is 0 Å². The van der Waals surface area contributed by atoms with Crippen LogP contribution in [0.2, 0.25) is 0 Å². The average molecular weight is 216 g/mol. The number of rotatable bonds is 4. The lowest BCUT2D eigenvalue weighted by molar-refractivity contribution is 0.0931. The lowest BCUT2D eigenvalue weighted by Crippen LogP contribution is -2.39. The van der Waals surface area contributed by atoms with Crippen LogP contribution in [0.15, 0.2) is 12.4 Å². The SMILES string of the molecule is CC(C)C(CCl)NC(=O)c1cn[nH]c1. The molecule has 1 unspecified atom stereocenters. The van der Waals surface area contributed by atoms with Crippen molar-refractivity contribution in [1.82, 2.24) is 15.5 Å². The van der Waals surface area contributed by atoms with E-state index in [1.54, 1.807) is 6.20 Å². The average Bonchev–Trinajstić information content (AvgIpc) is 2.65. The van der Waals surface area contributed by atoms with E-state index in [1.165, 1.54) is 6.20 Å². The van der Waals surface area contributed by atoms with Gasteiger partial charge in [0, 0.05) is 18.1 Å². The van der Waals surface area contributed by atoms with Crippen LogP contribution < -0.4 is 5.32 Å². The second kappa shape index (κ2) is 5.00. The summed E-state index contributed by atoms with van der Waals surface area (Å²) in [7, 11) is 0. The highest BCUT2D eigenvalue weighted by atomic mass is 35.5. The molecule has 1 heterocycles. The standard InChI is InChI=1S/C9H14ClN3O/c1-6(2)8(3-10)13-9(14)7-4-11-12-5-7/h4-6,8H,3H2,1-2H3,(H,11,12)(H,13,14). The van der Waals surface area contributed by atoms with Gasteiger partial charge in [-0.25, -0.2) is 0 Å². The second-order valence-electron chi connectivity index (χ2n) is 3.47. The summed E-state index contributed by atoms with van der Waals surface area (Å²) in [5.74, 6) is 0.600. The molecule has 0 aromatic carbocycles. The number of halogens is 1. The van der Waals surface area contributed by atoms with Gasteiger partial charge in [-0.2, -0.15) is 5.10 Å². The maximum Gasteiger partial charge on any atom is 0.254 e. The van der Waals surface area contributed by atoms with Gasteiger partial charge in [-0.1, -0.05) is 13.8 Å². The number of carbonyl (C=O) groups is 1. The number of aromatic nitrogens is 2. The smallest absolute Gasteiger partial charge is 0.254 e. The molecule has 0 aliphatic rings. The van der Waals surface area contributed by atoms with E-state index in [2.05, 4.69) is 15.5 Å². The Morgan fingerprint density at radius 2 is 2.43 bits per heavy atom. The second-order valence-corrected chi connectivity index (χ2v) is 3.77. The molecule has 2 N–H and O–H groups in total. The van der Waals surface area contributed by atoms with Crippen molar-refractivity contribution in [1.29, 1.82) is 0 Å². The Morgan fingerprint density at radius 1 is 1.71 bits per heavy atom. The zero-order chi connectivity index (χ0) is 10.6. The highest BCUT2D eigenvalue weighted by Gasteiger charge is 2.16. The first kappa shape index (κ1) is 11.0. The molecule has 14 heavy (non-hydrogen) atoms. The van der Waals surface area contributed by atoms with Crippen molar-refractivity contribution in [3.05, 3.63) is 18.0 Å². The van der Waals surface area contributed by atoms with Crippen LogP contribution in [-0.4, -0.2) is 28.0 Å². The number of nitrogens with one attached hydrogen (secondary N) is 2. The minimum atomic E-state index is -0.141. The van der Waals surface area contributed by atoms with Gasteiger partial charge in [0.05, 0.1) is 11.8 Å². The van der Waals surface area contributed by atoms with Crippen molar-refractivity contribution in [2.45, 2.75) is 19.9 Å². The number of aromatic amines is 1. The normalized spacial score (nSPS) is 12.9. The van der Waals surface area contributed by atoms with Crippen LogP contribution in [0.5, 0.6) is 0 Å². The summed E-state index contributed by atoms with van der Waals surface area (Å²) >= 11 is 5.73. The first-order valence-electron chi connectivity index (χ1n) is 4.50. The Kier molecular flexibility index (Phi) is 3.95. The van der Waals surface area contributed by atoms with Gasteiger partial charge in [0.15, 0.2) is 0 Å². The van der Waals surface area contributed by atoms with E-state index in [-0.39, 0.29) is 11.9 Å². The molecule has 1 aromatic heterocycles. The molecule has 5 heteroatoms. The van der Waals surface area contributed by atoms with Gasteiger partial charge in [-0.3, -0.25) is 9.89 Å². The first-order valence-corrected chi connectivity index (χ1v) is 5.04. The summed E-state index contributed by atoms with van der Waals surface area (Å²) in [6, 6.07) is -0.000864. The van der Waals surface area contributed by atoms with Crippen molar-refractivity contribution >= 4 is 17.5 Å². The molecule has 0 fully saturated rings. The third-order valence-electron chi connectivity index (χ3n) is 2.05. The van der Waals surface area contributed by atoms with E-state index >= 15 is 0 Å². The monoisotopic (exact) mass is 215 g/mol. The highest BCUT2D eigenvalue weighted by Crippen LogP contribution is 2.05. The topological polar surface area (TPSA) is 57.8 Å². The van der Waals surface area contributed by atoms with E-state index in [0.717, 1.165) is 0 Å². The van der Waals surface area contributed by atoms with Crippen LogP contribution in [0, 0.1) is 5.92 Å². The third kappa shape index (κ3) is 2.73. The molecule has 78 valence electrons. The van der Waals surface area contributed by atoms with Crippen molar-refractivity contribution in [3.63, 3.8) is 0 Å². The lowest BCUT2D eigenvalue weighted by atomic mass is 10.1. The van der Waals surface area contributed by atoms with Gasteiger partial charge in [0.1, 0.15) is 0 Å². The zero-order valence-electron chi connectivity index (χ0n) is 8.25. The Morgan fingerprint density at radius 3 is 2.86 bits per heavy atom. The van der Waals surface area contributed by atoms with Crippen LogP contribution in [-0.2, 0) is 0 Å². The van der Waals surface area contributed by atoms with Crippen LogP contribution in [0.3, 0.4) is 0 Å². The van der Waals surface area contributed by atoms with Crippen molar-refractivity contribution in [2.24, 2.45) is 5.92 Å². The lowest BCUT2D eigenvalue weighted by Gasteiger charge is -2.18. The summed E-state index contributed by atoms with van der Waals surface area (Å²) in [5, 5.41) is 9.13. The molecular weight excluding hydrogens is 202 g/mol. The van der Waals surface area contributed by atoms with E-state index in [4.69, 9.17) is 11.6 Å². The van der Waals surface area contributed by atoms with Crippen LogP contribution in [0.25, 0.3) is 0 Å².